The molecule has 0 aromatic heterocycles. The predicted molar refractivity (Wildman–Crippen MR) is 114 cm³/mol. The van der Waals surface area contributed by atoms with Gasteiger partial charge >= 0.3 is 0 Å². The highest BCUT2D eigenvalue weighted by atomic mass is 16.2. The van der Waals surface area contributed by atoms with Gasteiger partial charge in [0.05, 0.1) is 5.57 Å². The van der Waals surface area contributed by atoms with Crippen LogP contribution in [0.4, 0.5) is 11.4 Å². The molecule has 29 heavy (non-hydrogen) atoms. The number of imide groups is 1. The number of carbonyl (C=O) groups excluding carboxylic acids is 3. The molecule has 0 fully saturated rings. The van der Waals surface area contributed by atoms with Crippen LogP contribution in [0, 0.1) is 0 Å². The van der Waals surface area contributed by atoms with E-state index in [0.29, 0.717) is 42.0 Å². The van der Waals surface area contributed by atoms with Crippen molar-refractivity contribution < 1.29 is 14.4 Å². The fourth-order valence-corrected chi connectivity index (χ4v) is 3.50. The second-order valence-electron chi connectivity index (χ2n) is 6.82. The second-order valence-corrected chi connectivity index (χ2v) is 6.82. The van der Waals surface area contributed by atoms with Crippen LogP contribution < -0.4 is 10.2 Å². The van der Waals surface area contributed by atoms with Crippen LogP contribution >= 0.6 is 0 Å². The molecule has 0 radical (unpaired) electrons. The molecule has 0 aliphatic carbocycles. The average Bonchev–Trinajstić information content (AvgIpc) is 2.95. The maximum Gasteiger partial charge on any atom is 0.278 e. The van der Waals surface area contributed by atoms with Crippen molar-refractivity contribution in [2.75, 3.05) is 23.3 Å². The Balaban J connectivity index is 2.12. The lowest BCUT2D eigenvalue weighted by Gasteiger charge is -2.24. The summed E-state index contributed by atoms with van der Waals surface area (Å²) >= 11 is 0. The summed E-state index contributed by atoms with van der Waals surface area (Å²) in [6.07, 6.45) is 0.691. The molecule has 0 unspecified atom stereocenters. The molecule has 1 heterocycles. The topological polar surface area (TPSA) is 69.7 Å². The van der Waals surface area contributed by atoms with E-state index < -0.39 is 0 Å². The Morgan fingerprint density at radius 3 is 2.17 bits per heavy atom. The molecule has 2 aromatic carbocycles. The first kappa shape index (κ1) is 20.3. The Bertz CT molecular complexity index is 949. The van der Waals surface area contributed by atoms with Gasteiger partial charge < -0.3 is 10.2 Å². The number of hydrogen-bond acceptors (Lipinski definition) is 4. The SMILES string of the molecule is CCCN1C(=O)C(c2ccc(NC(C)=O)cc2)=C(N(CC)c2ccccc2)C1=O. The zero-order chi connectivity index (χ0) is 21.0. The van der Waals surface area contributed by atoms with E-state index in [9.17, 15) is 14.4 Å². The summed E-state index contributed by atoms with van der Waals surface area (Å²) in [6, 6.07) is 16.6. The Morgan fingerprint density at radius 2 is 1.62 bits per heavy atom. The zero-order valence-corrected chi connectivity index (χ0v) is 16.9. The third-order valence-corrected chi connectivity index (χ3v) is 4.74. The first-order valence-electron chi connectivity index (χ1n) is 9.79. The number of carbonyl (C=O) groups is 3. The first-order valence-corrected chi connectivity index (χ1v) is 9.79. The Hall–Kier alpha value is -3.41. The van der Waals surface area contributed by atoms with Crippen molar-refractivity contribution in [2.45, 2.75) is 27.2 Å². The molecule has 0 saturated heterocycles. The molecule has 1 aliphatic rings. The van der Waals surface area contributed by atoms with Gasteiger partial charge in [-0.2, -0.15) is 0 Å². The number of nitrogens with zero attached hydrogens (tertiary/aromatic N) is 2. The lowest BCUT2D eigenvalue weighted by Crippen LogP contribution is -2.35. The number of hydrogen-bond donors (Lipinski definition) is 1. The molecular weight excluding hydrogens is 366 g/mol. The maximum atomic E-state index is 13.2. The van der Waals surface area contributed by atoms with Crippen molar-refractivity contribution in [3.05, 3.63) is 65.9 Å². The van der Waals surface area contributed by atoms with Crippen molar-refractivity contribution in [1.29, 1.82) is 0 Å². The molecule has 3 amide bonds. The molecule has 0 saturated carbocycles. The van der Waals surface area contributed by atoms with E-state index >= 15 is 0 Å². The minimum Gasteiger partial charge on any atom is -0.337 e. The molecule has 0 spiro atoms. The summed E-state index contributed by atoms with van der Waals surface area (Å²) in [5.41, 5.74) is 2.94. The third kappa shape index (κ3) is 4.06. The van der Waals surface area contributed by atoms with Crippen LogP contribution in [-0.2, 0) is 14.4 Å². The highest BCUT2D eigenvalue weighted by molar-refractivity contribution is 6.36. The lowest BCUT2D eigenvalue weighted by atomic mass is 10.0. The van der Waals surface area contributed by atoms with Crippen LogP contribution in [0.25, 0.3) is 5.57 Å². The zero-order valence-electron chi connectivity index (χ0n) is 16.9. The minimum absolute atomic E-state index is 0.167. The van der Waals surface area contributed by atoms with Gasteiger partial charge in [-0.3, -0.25) is 19.3 Å². The summed E-state index contributed by atoms with van der Waals surface area (Å²) in [4.78, 5) is 40.9. The van der Waals surface area contributed by atoms with Crippen molar-refractivity contribution in [3.8, 4) is 0 Å². The molecule has 1 N–H and O–H groups in total. The molecule has 1 aliphatic heterocycles. The van der Waals surface area contributed by atoms with Gasteiger partial charge in [-0.05, 0) is 43.2 Å². The van der Waals surface area contributed by atoms with Gasteiger partial charge in [-0.25, -0.2) is 0 Å². The van der Waals surface area contributed by atoms with Crippen molar-refractivity contribution in [3.63, 3.8) is 0 Å². The molecular formula is C23H25N3O3. The number of likely N-dealkylation sites (N-methyl/N-ethyl adjacent to an activating group) is 1. The monoisotopic (exact) mass is 391 g/mol. The maximum absolute atomic E-state index is 13.2. The van der Waals surface area contributed by atoms with Gasteiger partial charge in [-0.15, -0.1) is 0 Å². The van der Waals surface area contributed by atoms with Gasteiger partial charge in [0.2, 0.25) is 5.91 Å². The molecule has 2 aromatic rings. The standard InChI is InChI=1S/C23H25N3O3/c1-4-15-26-22(28)20(17-11-13-18(14-12-17)24-16(3)27)21(23(26)29)25(5-2)19-9-7-6-8-10-19/h6-14H,4-5,15H2,1-3H3,(H,24,27). The highest BCUT2D eigenvalue weighted by Crippen LogP contribution is 2.34. The largest absolute Gasteiger partial charge is 0.337 e. The van der Waals surface area contributed by atoms with E-state index in [0.717, 1.165) is 5.69 Å². The van der Waals surface area contributed by atoms with E-state index in [1.165, 1.54) is 11.8 Å². The molecule has 0 atom stereocenters. The van der Waals surface area contributed by atoms with Crippen LogP contribution in [0.2, 0.25) is 0 Å². The molecule has 3 rings (SSSR count). The fraction of sp³-hybridized carbons (Fsp3) is 0.261. The van der Waals surface area contributed by atoms with Crippen molar-refractivity contribution in [2.24, 2.45) is 0 Å². The van der Waals surface area contributed by atoms with Gasteiger partial charge in [0, 0.05) is 31.4 Å². The Labute approximate surface area is 170 Å². The molecule has 6 heteroatoms. The van der Waals surface area contributed by atoms with Gasteiger partial charge in [0.1, 0.15) is 5.70 Å². The number of benzene rings is 2. The van der Waals surface area contributed by atoms with E-state index in [1.54, 1.807) is 24.3 Å². The van der Waals surface area contributed by atoms with Gasteiger partial charge in [-0.1, -0.05) is 37.3 Å². The minimum atomic E-state index is -0.284. The number of nitrogens with one attached hydrogen (secondary N) is 1. The lowest BCUT2D eigenvalue weighted by molar-refractivity contribution is -0.136. The number of amides is 3. The summed E-state index contributed by atoms with van der Waals surface area (Å²) < 4.78 is 0. The van der Waals surface area contributed by atoms with Crippen LogP contribution in [0.5, 0.6) is 0 Å². The van der Waals surface area contributed by atoms with Crippen LogP contribution in [-0.4, -0.2) is 35.7 Å². The quantitative estimate of drug-likeness (QED) is 0.732. The third-order valence-electron chi connectivity index (χ3n) is 4.74. The molecule has 6 nitrogen and oxygen atoms in total. The average molecular weight is 391 g/mol. The van der Waals surface area contributed by atoms with E-state index in [4.69, 9.17) is 0 Å². The molecule has 0 bridgehead atoms. The summed E-state index contributed by atoms with van der Waals surface area (Å²) in [5, 5.41) is 2.71. The van der Waals surface area contributed by atoms with Crippen LogP contribution in [0.15, 0.2) is 60.3 Å². The summed E-state index contributed by atoms with van der Waals surface area (Å²) in [5.74, 6) is -0.725. The number of para-hydroxylation sites is 1. The van der Waals surface area contributed by atoms with E-state index in [1.807, 2.05) is 49.1 Å². The second kappa shape index (κ2) is 8.73. The van der Waals surface area contributed by atoms with Crippen LogP contribution in [0.3, 0.4) is 0 Å². The fourth-order valence-electron chi connectivity index (χ4n) is 3.50. The number of rotatable bonds is 7. The van der Waals surface area contributed by atoms with E-state index in [-0.39, 0.29) is 17.7 Å². The van der Waals surface area contributed by atoms with Crippen LogP contribution in [0.1, 0.15) is 32.8 Å². The highest BCUT2D eigenvalue weighted by Gasteiger charge is 2.41. The number of anilines is 2. The van der Waals surface area contributed by atoms with Gasteiger partial charge in [0.25, 0.3) is 11.8 Å². The van der Waals surface area contributed by atoms with Crippen molar-refractivity contribution in [1.82, 2.24) is 4.90 Å². The summed E-state index contributed by atoms with van der Waals surface area (Å²) in [7, 11) is 0. The van der Waals surface area contributed by atoms with Gasteiger partial charge in [0.15, 0.2) is 0 Å². The molecule has 150 valence electrons. The Morgan fingerprint density at radius 1 is 0.966 bits per heavy atom. The van der Waals surface area contributed by atoms with E-state index in [2.05, 4.69) is 5.32 Å². The predicted octanol–water partition coefficient (Wildman–Crippen LogP) is 3.66. The normalized spacial score (nSPS) is 13.8. The summed E-state index contributed by atoms with van der Waals surface area (Å²) in [6.45, 7) is 6.26. The van der Waals surface area contributed by atoms with Crippen molar-refractivity contribution >= 4 is 34.7 Å². The smallest absolute Gasteiger partial charge is 0.278 e. The Kier molecular flexibility index (Phi) is 6.12. The first-order chi connectivity index (χ1) is 14.0.